The first-order chi connectivity index (χ1) is 9.77. The third kappa shape index (κ3) is 4.97. The van der Waals surface area contributed by atoms with Crippen molar-refractivity contribution in [3.8, 4) is 0 Å². The van der Waals surface area contributed by atoms with Gasteiger partial charge in [-0.05, 0) is 59.6 Å². The van der Waals surface area contributed by atoms with Crippen LogP contribution in [0.2, 0.25) is 0 Å². The first-order valence-electron chi connectivity index (χ1n) is 7.96. The average Bonchev–Trinajstić information content (AvgIpc) is 2.33. The van der Waals surface area contributed by atoms with Crippen molar-refractivity contribution < 1.29 is 0 Å². The maximum Gasteiger partial charge on any atom is 0.250 e. The van der Waals surface area contributed by atoms with Crippen molar-refractivity contribution in [3.63, 3.8) is 0 Å². The van der Waals surface area contributed by atoms with Crippen molar-refractivity contribution in [2.75, 3.05) is 6.54 Å². The van der Waals surface area contributed by atoms with Gasteiger partial charge >= 0.3 is 0 Å². The fourth-order valence-electron chi connectivity index (χ4n) is 3.67. The molecule has 1 aromatic rings. The number of aryl methyl sites for hydroxylation is 1. The Labute approximate surface area is 127 Å². The predicted octanol–water partition coefficient (Wildman–Crippen LogP) is 2.14. The molecular formula is C17H29N3O. The van der Waals surface area contributed by atoms with E-state index < -0.39 is 0 Å². The molecule has 1 aliphatic rings. The Hall–Kier alpha value is -1.13. The summed E-state index contributed by atoms with van der Waals surface area (Å²) in [6.07, 6.45) is 5.12. The zero-order chi connectivity index (χ0) is 15.5. The van der Waals surface area contributed by atoms with Gasteiger partial charge in [0.05, 0.1) is 0 Å². The molecule has 1 aromatic heterocycles. The van der Waals surface area contributed by atoms with Crippen LogP contribution < -0.4 is 16.2 Å². The molecule has 118 valence electrons. The summed E-state index contributed by atoms with van der Waals surface area (Å²) in [5.41, 5.74) is 0.438. The van der Waals surface area contributed by atoms with Crippen LogP contribution in [-0.4, -0.2) is 28.2 Å². The average molecular weight is 291 g/mol. The fourth-order valence-corrected chi connectivity index (χ4v) is 3.67. The van der Waals surface area contributed by atoms with Gasteiger partial charge in [-0.15, -0.1) is 0 Å². The summed E-state index contributed by atoms with van der Waals surface area (Å²) in [7, 11) is 0. The first kappa shape index (κ1) is 16.2. The van der Waals surface area contributed by atoms with Crippen LogP contribution in [0.15, 0.2) is 29.2 Å². The Morgan fingerprint density at radius 2 is 1.90 bits per heavy atom. The Morgan fingerprint density at radius 1 is 1.24 bits per heavy atom. The van der Waals surface area contributed by atoms with E-state index in [0.717, 1.165) is 32.4 Å². The van der Waals surface area contributed by atoms with Crippen LogP contribution in [0.3, 0.4) is 0 Å². The van der Waals surface area contributed by atoms with Crippen molar-refractivity contribution in [1.82, 2.24) is 15.2 Å². The van der Waals surface area contributed by atoms with Crippen molar-refractivity contribution in [3.05, 3.63) is 34.7 Å². The maximum atomic E-state index is 11.6. The van der Waals surface area contributed by atoms with Crippen molar-refractivity contribution in [1.29, 1.82) is 0 Å². The summed E-state index contributed by atoms with van der Waals surface area (Å²) >= 11 is 0. The van der Waals surface area contributed by atoms with E-state index in [0.29, 0.717) is 6.04 Å². The highest BCUT2D eigenvalue weighted by Gasteiger charge is 2.37. The molecule has 2 rings (SSSR count). The van der Waals surface area contributed by atoms with Gasteiger partial charge in [-0.25, -0.2) is 0 Å². The number of hydrogen-bond donors (Lipinski definition) is 2. The molecule has 0 atom stereocenters. The summed E-state index contributed by atoms with van der Waals surface area (Å²) < 4.78 is 1.78. The lowest BCUT2D eigenvalue weighted by atomic mass is 9.79. The molecule has 4 heteroatoms. The third-order valence-electron chi connectivity index (χ3n) is 4.10. The molecule has 1 fully saturated rings. The van der Waals surface area contributed by atoms with E-state index in [-0.39, 0.29) is 16.6 Å². The highest BCUT2D eigenvalue weighted by atomic mass is 16.1. The molecule has 0 aromatic carbocycles. The van der Waals surface area contributed by atoms with Crippen LogP contribution in [0.25, 0.3) is 0 Å². The van der Waals surface area contributed by atoms with Crippen LogP contribution in [0.5, 0.6) is 0 Å². The standard InChI is InChI=1S/C17H29N3O/c1-16(2)12-14(13-17(3,4)19-16)18-9-7-11-20-10-6-5-8-15(20)21/h5-6,8,10,14,18-19H,7,9,11-13H2,1-4H3. The van der Waals surface area contributed by atoms with Gasteiger partial charge in [0.25, 0.3) is 0 Å². The van der Waals surface area contributed by atoms with E-state index in [2.05, 4.69) is 38.3 Å². The largest absolute Gasteiger partial charge is 0.315 e. The number of pyridine rings is 1. The lowest BCUT2D eigenvalue weighted by Gasteiger charge is -2.46. The van der Waals surface area contributed by atoms with Crippen molar-refractivity contribution in [2.45, 2.75) is 70.6 Å². The van der Waals surface area contributed by atoms with E-state index in [4.69, 9.17) is 0 Å². The zero-order valence-corrected chi connectivity index (χ0v) is 13.8. The van der Waals surface area contributed by atoms with E-state index in [1.807, 2.05) is 12.3 Å². The number of hydrogen-bond acceptors (Lipinski definition) is 3. The number of nitrogens with zero attached hydrogens (tertiary/aromatic N) is 1. The molecule has 21 heavy (non-hydrogen) atoms. The Balaban J connectivity index is 1.78. The Kier molecular flexibility index (Phi) is 4.89. The number of rotatable bonds is 5. The Bertz CT molecular complexity index is 503. The highest BCUT2D eigenvalue weighted by molar-refractivity contribution is 4.99. The molecule has 2 heterocycles. The second-order valence-electron chi connectivity index (χ2n) is 7.54. The summed E-state index contributed by atoms with van der Waals surface area (Å²) in [6, 6.07) is 5.86. The van der Waals surface area contributed by atoms with E-state index in [1.54, 1.807) is 16.7 Å². The van der Waals surface area contributed by atoms with Gasteiger partial charge in [0.1, 0.15) is 0 Å². The molecule has 1 aliphatic heterocycles. The van der Waals surface area contributed by atoms with Crippen LogP contribution in [0, 0.1) is 0 Å². The van der Waals surface area contributed by atoms with Crippen molar-refractivity contribution >= 4 is 0 Å². The molecule has 0 spiro atoms. The summed E-state index contributed by atoms with van der Waals surface area (Å²) in [5, 5.41) is 7.37. The second-order valence-corrected chi connectivity index (χ2v) is 7.54. The highest BCUT2D eigenvalue weighted by Crippen LogP contribution is 2.28. The number of piperidine rings is 1. The predicted molar refractivity (Wildman–Crippen MR) is 87.6 cm³/mol. The minimum atomic E-state index is 0.0848. The van der Waals surface area contributed by atoms with E-state index in [9.17, 15) is 4.79 Å². The van der Waals surface area contributed by atoms with Gasteiger partial charge in [-0.2, -0.15) is 0 Å². The van der Waals surface area contributed by atoms with E-state index in [1.165, 1.54) is 0 Å². The van der Waals surface area contributed by atoms with Crippen LogP contribution in [0.1, 0.15) is 47.0 Å². The quantitative estimate of drug-likeness (QED) is 0.817. The lowest BCUT2D eigenvalue weighted by Crippen LogP contribution is -2.61. The molecule has 0 amide bonds. The summed E-state index contributed by atoms with van der Waals surface area (Å²) in [6.45, 7) is 10.8. The normalized spacial score (nSPS) is 21.3. The van der Waals surface area contributed by atoms with Gasteiger partial charge in [-0.3, -0.25) is 4.79 Å². The second kappa shape index (κ2) is 6.32. The molecule has 4 nitrogen and oxygen atoms in total. The van der Waals surface area contributed by atoms with Gasteiger partial charge in [0.15, 0.2) is 0 Å². The Morgan fingerprint density at radius 3 is 2.52 bits per heavy atom. The molecule has 0 saturated carbocycles. The van der Waals surface area contributed by atoms with Crippen LogP contribution in [-0.2, 0) is 6.54 Å². The molecular weight excluding hydrogens is 262 g/mol. The maximum absolute atomic E-state index is 11.6. The minimum absolute atomic E-state index is 0.0848. The van der Waals surface area contributed by atoms with Gasteiger partial charge in [0.2, 0.25) is 5.56 Å². The fraction of sp³-hybridized carbons (Fsp3) is 0.706. The molecule has 0 aliphatic carbocycles. The summed E-state index contributed by atoms with van der Waals surface area (Å²) in [5.74, 6) is 0. The minimum Gasteiger partial charge on any atom is -0.315 e. The topological polar surface area (TPSA) is 46.1 Å². The van der Waals surface area contributed by atoms with Crippen LogP contribution >= 0.6 is 0 Å². The monoisotopic (exact) mass is 291 g/mol. The van der Waals surface area contributed by atoms with Gasteiger partial charge in [0, 0.05) is 35.9 Å². The molecule has 0 radical (unpaired) electrons. The SMILES string of the molecule is CC1(C)CC(NCCCn2ccccc2=O)CC(C)(C)N1. The first-order valence-corrected chi connectivity index (χ1v) is 7.96. The molecule has 1 saturated heterocycles. The molecule has 2 N–H and O–H groups in total. The molecule has 0 unspecified atom stereocenters. The van der Waals surface area contributed by atoms with E-state index >= 15 is 0 Å². The molecule has 0 bridgehead atoms. The lowest BCUT2D eigenvalue weighted by molar-refractivity contribution is 0.146. The summed E-state index contributed by atoms with van der Waals surface area (Å²) in [4.78, 5) is 11.6. The van der Waals surface area contributed by atoms with Gasteiger partial charge in [-0.1, -0.05) is 6.07 Å². The third-order valence-corrected chi connectivity index (χ3v) is 4.10. The zero-order valence-electron chi connectivity index (χ0n) is 13.8. The van der Waals surface area contributed by atoms with Gasteiger partial charge < -0.3 is 15.2 Å². The van der Waals surface area contributed by atoms with Crippen molar-refractivity contribution in [2.24, 2.45) is 0 Å². The number of aromatic nitrogens is 1. The smallest absolute Gasteiger partial charge is 0.250 e. The number of nitrogens with one attached hydrogen (secondary N) is 2. The van der Waals surface area contributed by atoms with Crippen LogP contribution in [0.4, 0.5) is 0 Å².